The molecule has 8 heteroatoms. The number of thioether (sulfide) groups is 1. The van der Waals surface area contributed by atoms with Gasteiger partial charge in [0.25, 0.3) is 5.91 Å². The molecule has 0 aliphatic rings. The van der Waals surface area contributed by atoms with Crippen molar-refractivity contribution in [2.75, 3.05) is 11.1 Å². The number of carbonyl (C=O) groups is 3. The number of Topliss-reactive ketones (excluding diaryl/α,β-unsaturated/α-hetero) is 1. The second-order valence-electron chi connectivity index (χ2n) is 5.99. The van der Waals surface area contributed by atoms with Crippen molar-refractivity contribution in [2.45, 2.75) is 24.3 Å². The van der Waals surface area contributed by atoms with Gasteiger partial charge in [-0.2, -0.15) is 0 Å². The summed E-state index contributed by atoms with van der Waals surface area (Å²) in [4.78, 5) is 39.9. The van der Waals surface area contributed by atoms with Gasteiger partial charge >= 0.3 is 5.97 Å². The van der Waals surface area contributed by atoms with Crippen LogP contribution in [-0.4, -0.2) is 34.5 Å². The summed E-state index contributed by atoms with van der Waals surface area (Å²) >= 11 is 2.80. The van der Waals surface area contributed by atoms with Crippen molar-refractivity contribution in [3.8, 4) is 0 Å². The third-order valence-corrected chi connectivity index (χ3v) is 5.98. The fourth-order valence-corrected chi connectivity index (χ4v) is 4.20. The van der Waals surface area contributed by atoms with Crippen LogP contribution in [0.5, 0.6) is 0 Å². The Labute approximate surface area is 170 Å². The highest BCUT2D eigenvalue weighted by Gasteiger charge is 2.18. The molecule has 6 nitrogen and oxygen atoms in total. The Morgan fingerprint density at radius 1 is 1.14 bits per heavy atom. The quantitative estimate of drug-likeness (QED) is 0.355. The number of nitrogens with zero attached hydrogens (tertiary/aromatic N) is 1. The smallest absolute Gasteiger partial charge is 0.317 e. The maximum atomic E-state index is 12.2. The number of amides is 1. The Bertz CT molecular complexity index is 981. The number of nitrogens with one attached hydrogen (secondary N) is 1. The Morgan fingerprint density at radius 2 is 1.86 bits per heavy atom. The fourth-order valence-electron chi connectivity index (χ4n) is 2.35. The molecule has 28 heavy (non-hydrogen) atoms. The number of rotatable bonds is 7. The van der Waals surface area contributed by atoms with Crippen LogP contribution < -0.4 is 5.32 Å². The van der Waals surface area contributed by atoms with Crippen LogP contribution in [0.15, 0.2) is 52.9 Å². The number of benzene rings is 2. The topological polar surface area (TPSA) is 85.4 Å². The average Bonchev–Trinajstić information content (AvgIpc) is 3.09. The minimum Gasteiger partial charge on any atom is -0.452 e. The van der Waals surface area contributed by atoms with Gasteiger partial charge in [0.2, 0.25) is 0 Å². The second kappa shape index (κ2) is 8.99. The van der Waals surface area contributed by atoms with Gasteiger partial charge in [0.1, 0.15) is 0 Å². The molecular weight excluding hydrogens is 396 g/mol. The van der Waals surface area contributed by atoms with Gasteiger partial charge in [-0.25, -0.2) is 4.98 Å². The number of aromatic nitrogens is 1. The Balaban J connectivity index is 1.48. The summed E-state index contributed by atoms with van der Waals surface area (Å²) in [5.41, 5.74) is 1.98. The van der Waals surface area contributed by atoms with E-state index in [1.165, 1.54) is 36.9 Å². The normalized spacial score (nSPS) is 11.8. The van der Waals surface area contributed by atoms with Crippen LogP contribution in [0, 0.1) is 0 Å². The Hall–Kier alpha value is -2.71. The van der Waals surface area contributed by atoms with Gasteiger partial charge < -0.3 is 10.1 Å². The summed E-state index contributed by atoms with van der Waals surface area (Å²) in [5.74, 6) is -0.899. The first-order valence-electron chi connectivity index (χ1n) is 8.52. The molecule has 0 saturated heterocycles. The maximum Gasteiger partial charge on any atom is 0.317 e. The van der Waals surface area contributed by atoms with Crippen LogP contribution in [0.2, 0.25) is 0 Å². The summed E-state index contributed by atoms with van der Waals surface area (Å²) in [5, 5.41) is 2.66. The summed E-state index contributed by atoms with van der Waals surface area (Å²) in [6.45, 7) is 2.99. The molecule has 3 rings (SSSR count). The van der Waals surface area contributed by atoms with Crippen LogP contribution in [0.3, 0.4) is 0 Å². The van der Waals surface area contributed by atoms with Crippen LogP contribution in [-0.2, 0) is 14.3 Å². The van der Waals surface area contributed by atoms with Crippen LogP contribution >= 0.6 is 23.1 Å². The van der Waals surface area contributed by atoms with Crippen molar-refractivity contribution < 1.29 is 19.1 Å². The van der Waals surface area contributed by atoms with Gasteiger partial charge in [0.15, 0.2) is 16.2 Å². The lowest BCUT2D eigenvalue weighted by molar-refractivity contribution is -0.150. The Kier molecular flexibility index (Phi) is 6.43. The van der Waals surface area contributed by atoms with E-state index in [4.69, 9.17) is 4.74 Å². The molecule has 2 aromatic carbocycles. The first-order valence-corrected chi connectivity index (χ1v) is 10.3. The van der Waals surface area contributed by atoms with Crippen LogP contribution in [0.1, 0.15) is 24.2 Å². The van der Waals surface area contributed by atoms with E-state index in [0.717, 1.165) is 14.6 Å². The monoisotopic (exact) mass is 414 g/mol. The van der Waals surface area contributed by atoms with Crippen molar-refractivity contribution in [1.29, 1.82) is 0 Å². The summed E-state index contributed by atoms with van der Waals surface area (Å²) < 4.78 is 7.03. The van der Waals surface area contributed by atoms with Crippen molar-refractivity contribution >= 4 is 56.7 Å². The molecule has 1 amide bonds. The van der Waals surface area contributed by atoms with Gasteiger partial charge in [-0.1, -0.05) is 23.9 Å². The van der Waals surface area contributed by atoms with E-state index in [2.05, 4.69) is 10.3 Å². The van der Waals surface area contributed by atoms with E-state index in [1.54, 1.807) is 24.3 Å². The molecule has 1 N–H and O–H groups in total. The summed E-state index contributed by atoms with van der Waals surface area (Å²) in [6, 6.07) is 14.3. The van der Waals surface area contributed by atoms with E-state index >= 15 is 0 Å². The molecule has 0 unspecified atom stereocenters. The number of para-hydroxylation sites is 1. The standard InChI is InChI=1S/C20H18N2O4S2/c1-12(23)14-7-9-15(10-8-14)21-19(25)13(2)26-18(24)11-27-20-22-16-5-3-4-6-17(16)28-20/h3-10,13H,11H2,1-2H3,(H,21,25)/t13-/m0/s1. The van der Waals surface area contributed by atoms with Gasteiger partial charge in [-0.15, -0.1) is 11.3 Å². The number of hydrogen-bond acceptors (Lipinski definition) is 7. The van der Waals surface area contributed by atoms with Gasteiger partial charge in [0, 0.05) is 11.3 Å². The lowest BCUT2D eigenvalue weighted by Crippen LogP contribution is -2.30. The van der Waals surface area contributed by atoms with Crippen molar-refractivity contribution in [3.63, 3.8) is 0 Å². The zero-order chi connectivity index (χ0) is 20.1. The lowest BCUT2D eigenvalue weighted by atomic mass is 10.1. The minimum absolute atomic E-state index is 0.0502. The fraction of sp³-hybridized carbons (Fsp3) is 0.200. The predicted octanol–water partition coefficient (Wildman–Crippen LogP) is 4.16. The highest BCUT2D eigenvalue weighted by atomic mass is 32.2. The van der Waals surface area contributed by atoms with Gasteiger partial charge in [0.05, 0.1) is 16.0 Å². The molecule has 0 spiro atoms. The van der Waals surface area contributed by atoms with Crippen LogP contribution in [0.4, 0.5) is 5.69 Å². The molecule has 0 bridgehead atoms. The molecule has 0 fully saturated rings. The molecule has 3 aromatic rings. The largest absolute Gasteiger partial charge is 0.452 e. The van der Waals surface area contributed by atoms with Crippen molar-refractivity contribution in [3.05, 3.63) is 54.1 Å². The van der Waals surface area contributed by atoms with E-state index in [-0.39, 0.29) is 11.5 Å². The number of ketones is 1. The lowest BCUT2D eigenvalue weighted by Gasteiger charge is -2.13. The van der Waals surface area contributed by atoms with Crippen molar-refractivity contribution in [2.24, 2.45) is 0 Å². The average molecular weight is 415 g/mol. The minimum atomic E-state index is -0.934. The third-order valence-electron chi connectivity index (χ3n) is 3.82. The third kappa shape index (κ3) is 5.17. The number of esters is 1. The number of fused-ring (bicyclic) bond motifs is 1. The highest BCUT2D eigenvalue weighted by molar-refractivity contribution is 8.01. The molecule has 1 aromatic heterocycles. The van der Waals surface area contributed by atoms with E-state index < -0.39 is 18.0 Å². The zero-order valence-corrected chi connectivity index (χ0v) is 16.9. The number of carbonyl (C=O) groups excluding carboxylic acids is 3. The Morgan fingerprint density at radius 3 is 2.54 bits per heavy atom. The van der Waals surface area contributed by atoms with E-state index in [1.807, 2.05) is 24.3 Å². The number of thiazole rings is 1. The molecule has 1 atom stereocenters. The van der Waals surface area contributed by atoms with Crippen molar-refractivity contribution in [1.82, 2.24) is 4.98 Å². The van der Waals surface area contributed by atoms with Gasteiger partial charge in [-0.05, 0) is 50.2 Å². The summed E-state index contributed by atoms with van der Waals surface area (Å²) in [6.07, 6.45) is -0.934. The molecule has 0 aliphatic carbocycles. The molecule has 0 aliphatic heterocycles. The zero-order valence-electron chi connectivity index (χ0n) is 15.3. The molecule has 0 radical (unpaired) electrons. The number of anilines is 1. The first-order chi connectivity index (χ1) is 13.4. The first kappa shape index (κ1) is 20.0. The number of hydrogen-bond donors (Lipinski definition) is 1. The van der Waals surface area contributed by atoms with Gasteiger partial charge in [-0.3, -0.25) is 14.4 Å². The van der Waals surface area contributed by atoms with E-state index in [0.29, 0.717) is 11.3 Å². The van der Waals surface area contributed by atoms with Crippen LogP contribution in [0.25, 0.3) is 10.2 Å². The molecule has 144 valence electrons. The molecular formula is C20H18N2O4S2. The SMILES string of the molecule is CC(=O)c1ccc(NC(=O)[C@H](C)OC(=O)CSc2nc3ccccc3s2)cc1. The molecule has 1 heterocycles. The molecule has 0 saturated carbocycles. The number of ether oxygens (including phenoxy) is 1. The second-order valence-corrected chi connectivity index (χ2v) is 8.24. The highest BCUT2D eigenvalue weighted by Crippen LogP contribution is 2.29. The van der Waals surface area contributed by atoms with E-state index in [9.17, 15) is 14.4 Å². The summed E-state index contributed by atoms with van der Waals surface area (Å²) in [7, 11) is 0. The predicted molar refractivity (Wildman–Crippen MR) is 111 cm³/mol. The maximum absolute atomic E-state index is 12.2.